The van der Waals surface area contributed by atoms with E-state index >= 15 is 0 Å². The highest BCUT2D eigenvalue weighted by molar-refractivity contribution is 5.66. The van der Waals surface area contributed by atoms with Gasteiger partial charge in [0.15, 0.2) is 0 Å². The fourth-order valence-electron chi connectivity index (χ4n) is 3.02. The van der Waals surface area contributed by atoms with Gasteiger partial charge in [0, 0.05) is 18.7 Å². The fraction of sp³-hybridized carbons (Fsp3) is 0.900. The lowest BCUT2D eigenvalue weighted by Crippen LogP contribution is -2.45. The predicted octanol–water partition coefficient (Wildman–Crippen LogP) is 1.29. The zero-order chi connectivity index (χ0) is 10.1. The lowest BCUT2D eigenvalue weighted by molar-refractivity contribution is 0.0785. The van der Waals surface area contributed by atoms with Crippen molar-refractivity contribution in [3.05, 3.63) is 0 Å². The van der Waals surface area contributed by atoms with Gasteiger partial charge < -0.3 is 15.1 Å². The zero-order valence-electron chi connectivity index (χ0n) is 8.22. The number of carboxylic acid groups (broad SMARTS) is 1. The first-order chi connectivity index (χ1) is 6.72. The van der Waals surface area contributed by atoms with Crippen LogP contribution in [-0.2, 0) is 0 Å². The van der Waals surface area contributed by atoms with E-state index in [0.29, 0.717) is 5.92 Å². The lowest BCUT2D eigenvalue weighted by Gasteiger charge is -2.36. The Morgan fingerprint density at radius 1 is 1.29 bits per heavy atom. The Labute approximate surface area is 83.5 Å². The third-order valence-corrected chi connectivity index (χ3v) is 3.59. The molecule has 80 valence electrons. The van der Waals surface area contributed by atoms with Gasteiger partial charge in [0.1, 0.15) is 0 Å². The van der Waals surface area contributed by atoms with E-state index in [1.807, 2.05) is 0 Å². The van der Waals surface area contributed by atoms with E-state index in [4.69, 9.17) is 10.2 Å². The van der Waals surface area contributed by atoms with Crippen molar-refractivity contribution in [3.8, 4) is 0 Å². The first kappa shape index (κ1) is 9.77. The number of piperidine rings is 1. The van der Waals surface area contributed by atoms with Crippen molar-refractivity contribution in [1.82, 2.24) is 4.90 Å². The van der Waals surface area contributed by atoms with E-state index in [-0.39, 0.29) is 18.7 Å². The van der Waals surface area contributed by atoms with Crippen molar-refractivity contribution in [2.75, 3.05) is 6.61 Å². The molecule has 0 aromatic heterocycles. The first-order valence-corrected chi connectivity index (χ1v) is 5.34. The number of nitrogens with zero attached hydrogens (tertiary/aromatic N) is 1. The number of carbonyl (C=O) groups is 1. The van der Waals surface area contributed by atoms with Gasteiger partial charge >= 0.3 is 6.09 Å². The van der Waals surface area contributed by atoms with Gasteiger partial charge in [0.05, 0.1) is 0 Å². The Morgan fingerprint density at radius 3 is 2.29 bits per heavy atom. The standard InChI is InChI=1S/C10H17NO3/c12-4-3-7-5-8-1-2-9(6-7)11(8)10(13)14/h7-9,12H,1-6H2,(H,13,14)/t7?,8-,9+. The van der Waals surface area contributed by atoms with E-state index in [2.05, 4.69) is 0 Å². The summed E-state index contributed by atoms with van der Waals surface area (Å²) in [5.74, 6) is 0.535. The SMILES string of the molecule is O=C(O)N1[C@@H]2CC[C@H]1CC(CCO)C2. The zero-order valence-corrected chi connectivity index (χ0v) is 8.22. The lowest BCUT2D eigenvalue weighted by atomic mass is 9.89. The largest absolute Gasteiger partial charge is 0.465 e. The average molecular weight is 199 g/mol. The maximum absolute atomic E-state index is 11.0. The minimum atomic E-state index is -0.764. The summed E-state index contributed by atoms with van der Waals surface area (Å²) in [5.41, 5.74) is 0. The molecule has 2 aliphatic heterocycles. The van der Waals surface area contributed by atoms with Gasteiger partial charge in [-0.05, 0) is 38.0 Å². The molecule has 4 heteroatoms. The fourth-order valence-corrected chi connectivity index (χ4v) is 3.02. The Kier molecular flexibility index (Phi) is 2.63. The molecular weight excluding hydrogens is 182 g/mol. The van der Waals surface area contributed by atoms with Gasteiger partial charge in [0.25, 0.3) is 0 Å². The van der Waals surface area contributed by atoms with Gasteiger partial charge in [0.2, 0.25) is 0 Å². The topological polar surface area (TPSA) is 60.8 Å². The molecule has 14 heavy (non-hydrogen) atoms. The molecule has 2 bridgehead atoms. The van der Waals surface area contributed by atoms with Gasteiger partial charge in [-0.15, -0.1) is 0 Å². The van der Waals surface area contributed by atoms with Crippen molar-refractivity contribution in [1.29, 1.82) is 0 Å². The summed E-state index contributed by atoms with van der Waals surface area (Å²) in [5, 5.41) is 17.9. The summed E-state index contributed by atoms with van der Waals surface area (Å²) < 4.78 is 0. The molecule has 2 aliphatic rings. The summed E-state index contributed by atoms with van der Waals surface area (Å²) in [7, 11) is 0. The molecule has 0 radical (unpaired) electrons. The number of amides is 1. The second-order valence-electron chi connectivity index (χ2n) is 4.42. The van der Waals surface area contributed by atoms with Crippen molar-refractivity contribution in [2.24, 2.45) is 5.92 Å². The van der Waals surface area contributed by atoms with Gasteiger partial charge in [-0.2, -0.15) is 0 Å². The molecule has 4 nitrogen and oxygen atoms in total. The van der Waals surface area contributed by atoms with Crippen molar-refractivity contribution in [3.63, 3.8) is 0 Å². The molecule has 0 aliphatic carbocycles. The third-order valence-electron chi connectivity index (χ3n) is 3.59. The Balaban J connectivity index is 2.01. The second-order valence-corrected chi connectivity index (χ2v) is 4.42. The van der Waals surface area contributed by atoms with Crippen LogP contribution in [0.1, 0.15) is 32.1 Å². The van der Waals surface area contributed by atoms with E-state index in [1.54, 1.807) is 4.90 Å². The third kappa shape index (κ3) is 1.59. The molecule has 1 unspecified atom stereocenters. The number of hydrogen-bond donors (Lipinski definition) is 2. The molecule has 2 fully saturated rings. The Morgan fingerprint density at radius 2 is 1.86 bits per heavy atom. The first-order valence-electron chi connectivity index (χ1n) is 5.34. The molecule has 0 aromatic rings. The number of rotatable bonds is 2. The molecular formula is C10H17NO3. The molecule has 0 saturated carbocycles. The van der Waals surface area contributed by atoms with Crippen LogP contribution in [0, 0.1) is 5.92 Å². The highest BCUT2D eigenvalue weighted by atomic mass is 16.4. The van der Waals surface area contributed by atoms with Crippen LogP contribution in [0.25, 0.3) is 0 Å². The summed E-state index contributed by atoms with van der Waals surface area (Å²) in [6.07, 6.45) is 3.99. The molecule has 3 atom stereocenters. The molecule has 2 saturated heterocycles. The number of hydrogen-bond acceptors (Lipinski definition) is 2. The molecule has 0 spiro atoms. The van der Waals surface area contributed by atoms with Crippen molar-refractivity contribution < 1.29 is 15.0 Å². The van der Waals surface area contributed by atoms with Gasteiger partial charge in [-0.3, -0.25) is 0 Å². The van der Waals surface area contributed by atoms with E-state index < -0.39 is 6.09 Å². The van der Waals surface area contributed by atoms with Crippen LogP contribution in [0.15, 0.2) is 0 Å². The van der Waals surface area contributed by atoms with E-state index in [0.717, 1.165) is 32.1 Å². The monoisotopic (exact) mass is 199 g/mol. The van der Waals surface area contributed by atoms with E-state index in [9.17, 15) is 4.79 Å². The van der Waals surface area contributed by atoms with Crippen LogP contribution in [0.3, 0.4) is 0 Å². The predicted molar refractivity (Wildman–Crippen MR) is 51.1 cm³/mol. The maximum Gasteiger partial charge on any atom is 0.407 e. The Bertz CT molecular complexity index is 217. The summed E-state index contributed by atoms with van der Waals surface area (Å²) in [6.45, 7) is 0.233. The number of aliphatic hydroxyl groups is 1. The molecule has 2 heterocycles. The summed E-state index contributed by atoms with van der Waals surface area (Å²) in [4.78, 5) is 12.6. The molecule has 2 N–H and O–H groups in total. The van der Waals surface area contributed by atoms with Crippen LogP contribution >= 0.6 is 0 Å². The highest BCUT2D eigenvalue weighted by Crippen LogP contribution is 2.39. The smallest absolute Gasteiger partial charge is 0.407 e. The van der Waals surface area contributed by atoms with Gasteiger partial charge in [-0.1, -0.05) is 0 Å². The molecule has 2 rings (SSSR count). The normalized spacial score (nSPS) is 36.1. The minimum absolute atomic E-state index is 0.225. The Hall–Kier alpha value is -0.770. The summed E-state index contributed by atoms with van der Waals surface area (Å²) >= 11 is 0. The van der Waals surface area contributed by atoms with Crippen LogP contribution in [-0.4, -0.2) is 39.9 Å². The number of aliphatic hydroxyl groups excluding tert-OH is 1. The van der Waals surface area contributed by atoms with Crippen molar-refractivity contribution >= 4 is 6.09 Å². The molecule has 0 aromatic carbocycles. The number of fused-ring (bicyclic) bond motifs is 2. The van der Waals surface area contributed by atoms with Crippen LogP contribution < -0.4 is 0 Å². The van der Waals surface area contributed by atoms with Crippen molar-refractivity contribution in [2.45, 2.75) is 44.2 Å². The average Bonchev–Trinajstić information content (AvgIpc) is 2.39. The van der Waals surface area contributed by atoms with Crippen LogP contribution in [0.2, 0.25) is 0 Å². The van der Waals surface area contributed by atoms with Crippen LogP contribution in [0.4, 0.5) is 4.79 Å². The van der Waals surface area contributed by atoms with Gasteiger partial charge in [-0.25, -0.2) is 4.79 Å². The highest BCUT2D eigenvalue weighted by Gasteiger charge is 2.42. The second kappa shape index (κ2) is 3.77. The molecule has 1 amide bonds. The van der Waals surface area contributed by atoms with E-state index in [1.165, 1.54) is 0 Å². The minimum Gasteiger partial charge on any atom is -0.465 e. The quantitative estimate of drug-likeness (QED) is 0.704. The summed E-state index contributed by atoms with van der Waals surface area (Å²) in [6, 6.07) is 0.450. The maximum atomic E-state index is 11.0. The van der Waals surface area contributed by atoms with Crippen LogP contribution in [0.5, 0.6) is 0 Å².